The number of rotatable bonds is 5. The first-order chi connectivity index (χ1) is 8.87. The fourth-order valence-electron chi connectivity index (χ4n) is 1.59. The van der Waals surface area contributed by atoms with Crippen LogP contribution < -0.4 is 10.6 Å². The third-order valence-electron chi connectivity index (χ3n) is 2.39. The maximum Gasteiger partial charge on any atom is 0.407 e. The van der Waals surface area contributed by atoms with Gasteiger partial charge in [-0.15, -0.1) is 0 Å². The lowest BCUT2D eigenvalue weighted by molar-refractivity contribution is 0.0508. The molecule has 0 fully saturated rings. The first kappa shape index (κ1) is 15.5. The summed E-state index contributed by atoms with van der Waals surface area (Å²) < 4.78 is 5.20. The SMILES string of the molecule is CC(CNCc1ccccc1)NC(=O)OC(C)(C)C. The highest BCUT2D eigenvalue weighted by atomic mass is 16.6. The Morgan fingerprint density at radius 3 is 2.47 bits per heavy atom. The summed E-state index contributed by atoms with van der Waals surface area (Å²) in [4.78, 5) is 11.5. The molecule has 0 bridgehead atoms. The van der Waals surface area contributed by atoms with Crippen LogP contribution in [0.3, 0.4) is 0 Å². The lowest BCUT2D eigenvalue weighted by atomic mass is 10.2. The minimum absolute atomic E-state index is 0.0264. The molecule has 1 amide bonds. The van der Waals surface area contributed by atoms with Gasteiger partial charge in [-0.05, 0) is 33.3 Å². The van der Waals surface area contributed by atoms with E-state index in [9.17, 15) is 4.79 Å². The highest BCUT2D eigenvalue weighted by Gasteiger charge is 2.17. The zero-order chi connectivity index (χ0) is 14.3. The third-order valence-corrected chi connectivity index (χ3v) is 2.39. The number of carbonyl (C=O) groups excluding carboxylic acids is 1. The highest BCUT2D eigenvalue weighted by Crippen LogP contribution is 2.06. The van der Waals surface area contributed by atoms with Crippen molar-refractivity contribution in [1.82, 2.24) is 10.6 Å². The second-order valence-electron chi connectivity index (χ2n) is 5.66. The second-order valence-corrected chi connectivity index (χ2v) is 5.66. The fraction of sp³-hybridized carbons (Fsp3) is 0.533. The van der Waals surface area contributed by atoms with Gasteiger partial charge in [-0.25, -0.2) is 4.79 Å². The van der Waals surface area contributed by atoms with Crippen molar-refractivity contribution in [3.8, 4) is 0 Å². The lowest BCUT2D eigenvalue weighted by Gasteiger charge is -2.22. The van der Waals surface area contributed by atoms with Crippen LogP contribution in [0.1, 0.15) is 33.3 Å². The van der Waals surface area contributed by atoms with E-state index in [4.69, 9.17) is 4.74 Å². The molecule has 1 atom stereocenters. The van der Waals surface area contributed by atoms with E-state index in [1.165, 1.54) is 5.56 Å². The zero-order valence-electron chi connectivity index (χ0n) is 12.2. The van der Waals surface area contributed by atoms with E-state index in [2.05, 4.69) is 22.8 Å². The van der Waals surface area contributed by atoms with Gasteiger partial charge in [0.25, 0.3) is 0 Å². The van der Waals surface area contributed by atoms with Gasteiger partial charge in [-0.2, -0.15) is 0 Å². The molecular weight excluding hydrogens is 240 g/mol. The summed E-state index contributed by atoms with van der Waals surface area (Å²) in [5.74, 6) is 0. The van der Waals surface area contributed by atoms with Crippen molar-refractivity contribution in [2.45, 2.75) is 45.9 Å². The molecule has 0 saturated heterocycles. The molecule has 0 aromatic heterocycles. The van der Waals surface area contributed by atoms with Crippen LogP contribution in [0, 0.1) is 0 Å². The predicted octanol–water partition coefficient (Wildman–Crippen LogP) is 2.69. The van der Waals surface area contributed by atoms with Crippen molar-refractivity contribution in [2.75, 3.05) is 6.54 Å². The van der Waals surface area contributed by atoms with Crippen molar-refractivity contribution in [2.24, 2.45) is 0 Å². The van der Waals surface area contributed by atoms with Crippen molar-refractivity contribution in [1.29, 1.82) is 0 Å². The van der Waals surface area contributed by atoms with Gasteiger partial charge in [0.1, 0.15) is 5.60 Å². The Labute approximate surface area is 115 Å². The molecule has 0 radical (unpaired) electrons. The van der Waals surface area contributed by atoms with E-state index < -0.39 is 5.60 Å². The van der Waals surface area contributed by atoms with Crippen LogP contribution in [-0.4, -0.2) is 24.3 Å². The number of hydrogen-bond acceptors (Lipinski definition) is 3. The Balaban J connectivity index is 2.21. The van der Waals surface area contributed by atoms with Gasteiger partial charge >= 0.3 is 6.09 Å². The molecule has 1 rings (SSSR count). The van der Waals surface area contributed by atoms with Crippen LogP contribution >= 0.6 is 0 Å². The second kappa shape index (κ2) is 7.14. The molecule has 4 heteroatoms. The summed E-state index contributed by atoms with van der Waals surface area (Å²) in [6, 6.07) is 10.2. The monoisotopic (exact) mass is 264 g/mol. The smallest absolute Gasteiger partial charge is 0.407 e. The molecule has 4 nitrogen and oxygen atoms in total. The van der Waals surface area contributed by atoms with Crippen LogP contribution in [-0.2, 0) is 11.3 Å². The van der Waals surface area contributed by atoms with Gasteiger partial charge < -0.3 is 15.4 Å². The molecule has 0 aliphatic rings. The van der Waals surface area contributed by atoms with Crippen molar-refractivity contribution >= 4 is 6.09 Å². The minimum atomic E-state index is -0.457. The normalized spacial score (nSPS) is 12.8. The molecule has 0 saturated carbocycles. The van der Waals surface area contributed by atoms with Gasteiger partial charge in [-0.3, -0.25) is 0 Å². The molecule has 0 heterocycles. The van der Waals surface area contributed by atoms with Crippen LogP contribution in [0.4, 0.5) is 4.79 Å². The number of hydrogen-bond donors (Lipinski definition) is 2. The third kappa shape index (κ3) is 7.47. The molecule has 2 N–H and O–H groups in total. The first-order valence-corrected chi connectivity index (χ1v) is 6.61. The number of benzene rings is 1. The molecule has 0 aliphatic heterocycles. The topological polar surface area (TPSA) is 50.4 Å². The van der Waals surface area contributed by atoms with Crippen LogP contribution in [0.15, 0.2) is 30.3 Å². The number of nitrogens with one attached hydrogen (secondary N) is 2. The Morgan fingerprint density at radius 1 is 1.26 bits per heavy atom. The molecule has 106 valence electrons. The molecule has 1 aromatic rings. The number of ether oxygens (including phenoxy) is 1. The van der Waals surface area contributed by atoms with E-state index in [1.807, 2.05) is 45.9 Å². The molecule has 1 aromatic carbocycles. The van der Waals surface area contributed by atoms with Gasteiger partial charge in [0.15, 0.2) is 0 Å². The van der Waals surface area contributed by atoms with Crippen molar-refractivity contribution < 1.29 is 9.53 Å². The zero-order valence-corrected chi connectivity index (χ0v) is 12.2. The summed E-state index contributed by atoms with van der Waals surface area (Å²) in [6.07, 6.45) is -0.374. The molecule has 19 heavy (non-hydrogen) atoms. The van der Waals surface area contributed by atoms with Crippen LogP contribution in [0.5, 0.6) is 0 Å². The summed E-state index contributed by atoms with van der Waals surface area (Å²) in [7, 11) is 0. The Kier molecular flexibility index (Phi) is 5.83. The van der Waals surface area contributed by atoms with E-state index in [0.29, 0.717) is 6.54 Å². The largest absolute Gasteiger partial charge is 0.444 e. The van der Waals surface area contributed by atoms with E-state index in [1.54, 1.807) is 0 Å². The van der Waals surface area contributed by atoms with E-state index >= 15 is 0 Å². The average molecular weight is 264 g/mol. The Morgan fingerprint density at radius 2 is 1.89 bits per heavy atom. The van der Waals surface area contributed by atoms with Crippen LogP contribution in [0.2, 0.25) is 0 Å². The summed E-state index contributed by atoms with van der Waals surface area (Å²) in [6.45, 7) is 9.00. The molecule has 0 spiro atoms. The molecule has 1 unspecified atom stereocenters. The summed E-state index contributed by atoms with van der Waals surface area (Å²) >= 11 is 0. The summed E-state index contributed by atoms with van der Waals surface area (Å²) in [5, 5.41) is 6.10. The van der Waals surface area contributed by atoms with E-state index in [-0.39, 0.29) is 12.1 Å². The highest BCUT2D eigenvalue weighted by molar-refractivity contribution is 5.68. The standard InChI is InChI=1S/C15H24N2O2/c1-12(17-14(18)19-15(2,3)4)10-16-11-13-8-6-5-7-9-13/h5-9,12,16H,10-11H2,1-4H3,(H,17,18). The first-order valence-electron chi connectivity index (χ1n) is 6.61. The number of amides is 1. The van der Waals surface area contributed by atoms with Crippen molar-refractivity contribution in [3.05, 3.63) is 35.9 Å². The van der Waals surface area contributed by atoms with Crippen LogP contribution in [0.25, 0.3) is 0 Å². The number of alkyl carbamates (subject to hydrolysis) is 1. The van der Waals surface area contributed by atoms with Gasteiger partial charge in [0, 0.05) is 19.1 Å². The Hall–Kier alpha value is -1.55. The lowest BCUT2D eigenvalue weighted by Crippen LogP contribution is -2.42. The maximum atomic E-state index is 11.5. The summed E-state index contributed by atoms with van der Waals surface area (Å²) in [5.41, 5.74) is 0.772. The number of carbonyl (C=O) groups is 1. The minimum Gasteiger partial charge on any atom is -0.444 e. The van der Waals surface area contributed by atoms with Gasteiger partial charge in [0.05, 0.1) is 0 Å². The fourth-order valence-corrected chi connectivity index (χ4v) is 1.59. The van der Waals surface area contributed by atoms with Gasteiger partial charge in [-0.1, -0.05) is 30.3 Å². The van der Waals surface area contributed by atoms with Crippen molar-refractivity contribution in [3.63, 3.8) is 0 Å². The predicted molar refractivity (Wildman–Crippen MR) is 77.0 cm³/mol. The molecular formula is C15H24N2O2. The maximum absolute atomic E-state index is 11.5. The Bertz CT molecular complexity index is 385. The quantitative estimate of drug-likeness (QED) is 0.859. The average Bonchev–Trinajstić information content (AvgIpc) is 2.27. The van der Waals surface area contributed by atoms with E-state index in [0.717, 1.165) is 6.54 Å². The molecule has 0 aliphatic carbocycles. The van der Waals surface area contributed by atoms with Gasteiger partial charge in [0.2, 0.25) is 0 Å².